The average molecular weight is 946 g/mol. The van der Waals surface area contributed by atoms with E-state index in [1.165, 1.54) is 193 Å². The van der Waals surface area contributed by atoms with Crippen LogP contribution in [0.25, 0.3) is 10.8 Å². The molecule has 10 unspecified atom stereocenters. The van der Waals surface area contributed by atoms with Gasteiger partial charge in [0.15, 0.2) is 0 Å². The lowest BCUT2D eigenvalue weighted by molar-refractivity contribution is 0.351. The van der Waals surface area contributed by atoms with Crippen molar-refractivity contribution in [3.8, 4) is 11.5 Å². The van der Waals surface area contributed by atoms with Gasteiger partial charge in [-0.15, -0.1) is 0 Å². The van der Waals surface area contributed by atoms with E-state index in [0.29, 0.717) is 17.4 Å². The molecule has 0 fully saturated rings. The van der Waals surface area contributed by atoms with Gasteiger partial charge in [-0.05, 0) is 90.4 Å². The van der Waals surface area contributed by atoms with Crippen LogP contribution in [0, 0.1) is 72.0 Å². The second-order valence-corrected chi connectivity index (χ2v) is 25.6. The number of phenols is 2. The van der Waals surface area contributed by atoms with E-state index < -0.39 is 0 Å². The van der Waals surface area contributed by atoms with Gasteiger partial charge in [0.05, 0.1) is 0 Å². The highest BCUT2D eigenvalue weighted by Gasteiger charge is 2.18. The molecule has 0 bridgehead atoms. The van der Waals surface area contributed by atoms with Crippen LogP contribution in [0.2, 0.25) is 0 Å². The Kier molecular flexibility index (Phi) is 34.1. The van der Waals surface area contributed by atoms with Crippen molar-refractivity contribution >= 4 is 10.8 Å². The first-order chi connectivity index (χ1) is 32.5. The Balaban J connectivity index is 1.39. The molecule has 0 saturated heterocycles. The Morgan fingerprint density at radius 3 is 0.735 bits per heavy atom. The largest absolute Gasteiger partial charge is 0.507 e. The summed E-state index contributed by atoms with van der Waals surface area (Å²) in [7, 11) is 0. The van der Waals surface area contributed by atoms with Crippen molar-refractivity contribution < 1.29 is 10.2 Å². The summed E-state index contributed by atoms with van der Waals surface area (Å²) in [4.78, 5) is 0. The molecule has 2 aromatic carbocycles. The van der Waals surface area contributed by atoms with Gasteiger partial charge in [-0.1, -0.05) is 300 Å². The minimum atomic E-state index is 0.319. The molecule has 0 amide bonds. The van der Waals surface area contributed by atoms with Crippen LogP contribution in [-0.4, -0.2) is 10.2 Å². The molecular weight excluding hydrogens is 825 g/mol. The maximum absolute atomic E-state index is 11.0. The fraction of sp³-hybridized carbons (Fsp3) is 0.848. The molecule has 0 aromatic heterocycles. The van der Waals surface area contributed by atoms with Gasteiger partial charge in [0.2, 0.25) is 0 Å². The number of fused-ring (bicyclic) bond motifs is 1. The second kappa shape index (κ2) is 37.1. The first kappa shape index (κ1) is 62.4. The van der Waals surface area contributed by atoms with Gasteiger partial charge in [-0.25, -0.2) is 0 Å². The Bertz CT molecular complexity index is 1510. The molecule has 2 rings (SSSR count). The van der Waals surface area contributed by atoms with Crippen LogP contribution in [0.15, 0.2) is 24.3 Å². The highest BCUT2D eigenvalue weighted by molar-refractivity contribution is 5.95. The van der Waals surface area contributed by atoms with E-state index in [0.717, 1.165) is 93.9 Å². The molecular formula is C66H120O2. The summed E-state index contributed by atoms with van der Waals surface area (Å²) in [6.07, 6.45) is 44.3. The lowest BCUT2D eigenvalue weighted by atomic mass is 9.88. The van der Waals surface area contributed by atoms with Crippen LogP contribution in [0.4, 0.5) is 0 Å². The van der Waals surface area contributed by atoms with Gasteiger partial charge >= 0.3 is 0 Å². The zero-order chi connectivity index (χ0) is 50.3. The van der Waals surface area contributed by atoms with Crippen molar-refractivity contribution in [2.75, 3.05) is 0 Å². The molecule has 396 valence electrons. The van der Waals surface area contributed by atoms with Crippen molar-refractivity contribution in [1.29, 1.82) is 0 Å². The fourth-order valence-corrected chi connectivity index (χ4v) is 11.9. The van der Waals surface area contributed by atoms with E-state index in [9.17, 15) is 10.2 Å². The van der Waals surface area contributed by atoms with Gasteiger partial charge in [0.1, 0.15) is 11.5 Å². The highest BCUT2D eigenvalue weighted by Crippen LogP contribution is 2.40. The second-order valence-electron chi connectivity index (χ2n) is 25.6. The normalized spacial score (nSPS) is 16.7. The SMILES string of the molecule is Cc1c(CCC(C)CCCC(C)CCCC(C)CCCC(C)CCCC(C)CCCC(C)CCCC(C)CCCC(C)CCCC(C)CCCC(C)CCCC(C)C)c(O)c2ccccc2c1O. The monoisotopic (exact) mass is 945 g/mol. The van der Waals surface area contributed by atoms with E-state index in [4.69, 9.17) is 0 Å². The van der Waals surface area contributed by atoms with Crippen molar-refractivity contribution in [3.05, 3.63) is 35.4 Å². The Labute approximate surface area is 426 Å². The number of rotatable bonds is 43. The zero-order valence-electron chi connectivity index (χ0n) is 48.2. The molecule has 0 heterocycles. The first-order valence-electron chi connectivity index (χ1n) is 30.4. The van der Waals surface area contributed by atoms with Crippen molar-refractivity contribution in [2.24, 2.45) is 65.1 Å². The molecule has 2 aromatic rings. The lowest BCUT2D eigenvalue weighted by Crippen LogP contribution is -2.03. The minimum absolute atomic E-state index is 0.319. The maximum atomic E-state index is 11.0. The standard InChI is InChI=1S/C66H120O2/c1-50(2)26-16-27-51(3)28-17-29-52(4)30-18-31-53(5)32-19-33-54(6)34-20-35-55(7)36-21-37-56(8)38-22-39-57(9)40-23-41-58(10)42-24-43-59(11)44-25-45-60(12)48-49-62-61(13)65(67)63-46-14-15-47-64(63)66(62)68/h14-15,46-47,50-60,67-68H,16-45,48-49H2,1-13H3. The molecule has 0 aliphatic carbocycles. The topological polar surface area (TPSA) is 40.5 Å². The zero-order valence-corrected chi connectivity index (χ0v) is 48.2. The molecule has 2 N–H and O–H groups in total. The van der Waals surface area contributed by atoms with Crippen LogP contribution in [0.1, 0.15) is 293 Å². The van der Waals surface area contributed by atoms with Gasteiger partial charge < -0.3 is 10.2 Å². The predicted octanol–water partition coefficient (Wildman–Crippen LogP) is 22.2. The Morgan fingerprint density at radius 1 is 0.294 bits per heavy atom. The van der Waals surface area contributed by atoms with E-state index >= 15 is 0 Å². The molecule has 0 aliphatic rings. The molecule has 2 heteroatoms. The van der Waals surface area contributed by atoms with E-state index in [1.54, 1.807) is 0 Å². The van der Waals surface area contributed by atoms with Gasteiger partial charge in [0, 0.05) is 16.3 Å². The lowest BCUT2D eigenvalue weighted by Gasteiger charge is -2.18. The summed E-state index contributed by atoms with van der Waals surface area (Å²) in [5.41, 5.74) is 1.75. The Hall–Kier alpha value is -1.70. The summed E-state index contributed by atoms with van der Waals surface area (Å²) in [5, 5.41) is 23.2. The molecule has 0 aliphatic heterocycles. The van der Waals surface area contributed by atoms with Gasteiger partial charge in [-0.3, -0.25) is 0 Å². The number of aromatic hydroxyl groups is 2. The third kappa shape index (κ3) is 29.0. The number of hydrogen-bond acceptors (Lipinski definition) is 2. The van der Waals surface area contributed by atoms with Gasteiger partial charge in [-0.2, -0.15) is 0 Å². The van der Waals surface area contributed by atoms with E-state index in [2.05, 4.69) is 83.1 Å². The van der Waals surface area contributed by atoms with E-state index in [1.807, 2.05) is 31.2 Å². The van der Waals surface area contributed by atoms with Gasteiger partial charge in [0.25, 0.3) is 0 Å². The van der Waals surface area contributed by atoms with Crippen molar-refractivity contribution in [3.63, 3.8) is 0 Å². The predicted molar refractivity (Wildman–Crippen MR) is 305 cm³/mol. The summed E-state index contributed by atoms with van der Waals surface area (Å²) in [5.74, 6) is 10.2. The third-order valence-corrected chi connectivity index (χ3v) is 17.4. The maximum Gasteiger partial charge on any atom is 0.127 e. The number of phenolic OH excluding ortho intramolecular Hbond substituents is 2. The molecule has 0 spiro atoms. The summed E-state index contributed by atoms with van der Waals surface area (Å²) >= 11 is 0. The average Bonchev–Trinajstić information content (AvgIpc) is 3.28. The third-order valence-electron chi connectivity index (χ3n) is 17.4. The first-order valence-corrected chi connectivity index (χ1v) is 30.4. The van der Waals surface area contributed by atoms with Crippen LogP contribution in [-0.2, 0) is 6.42 Å². The van der Waals surface area contributed by atoms with Crippen molar-refractivity contribution in [2.45, 2.75) is 295 Å². The summed E-state index contributed by atoms with van der Waals surface area (Å²) in [6, 6.07) is 7.64. The minimum Gasteiger partial charge on any atom is -0.507 e. The van der Waals surface area contributed by atoms with Crippen LogP contribution < -0.4 is 0 Å². The number of benzene rings is 2. The molecule has 10 atom stereocenters. The van der Waals surface area contributed by atoms with Crippen LogP contribution in [0.3, 0.4) is 0 Å². The smallest absolute Gasteiger partial charge is 0.127 e. The van der Waals surface area contributed by atoms with Crippen LogP contribution in [0.5, 0.6) is 11.5 Å². The molecule has 2 nitrogen and oxygen atoms in total. The Morgan fingerprint density at radius 2 is 0.500 bits per heavy atom. The molecule has 68 heavy (non-hydrogen) atoms. The quantitative estimate of drug-likeness (QED) is 0.0651. The molecule has 0 saturated carbocycles. The van der Waals surface area contributed by atoms with E-state index in [-0.39, 0.29) is 0 Å². The summed E-state index contributed by atoms with van der Waals surface area (Å²) in [6.45, 7) is 31.6. The summed E-state index contributed by atoms with van der Waals surface area (Å²) < 4.78 is 0. The molecule has 0 radical (unpaired) electrons. The number of hydrogen-bond donors (Lipinski definition) is 2. The van der Waals surface area contributed by atoms with Crippen molar-refractivity contribution in [1.82, 2.24) is 0 Å². The highest BCUT2D eigenvalue weighted by atomic mass is 16.3. The fourth-order valence-electron chi connectivity index (χ4n) is 11.9. The van der Waals surface area contributed by atoms with Crippen LogP contribution >= 0.6 is 0 Å².